The van der Waals surface area contributed by atoms with E-state index in [1.165, 1.54) is 29.7 Å². The number of carbonyl (C=O) groups is 1. The van der Waals surface area contributed by atoms with E-state index >= 15 is 0 Å². The first kappa shape index (κ1) is 21.6. The second kappa shape index (κ2) is 8.88. The number of hydrogen-bond donors (Lipinski definition) is 1. The molecule has 0 aliphatic rings. The maximum atomic E-state index is 12.9. The number of furan rings is 1. The molecule has 0 radical (unpaired) electrons. The molecule has 5 nitrogen and oxygen atoms in total. The number of nitrogens with one attached hydrogen (secondary N) is 1. The van der Waals surface area contributed by atoms with Crippen molar-refractivity contribution in [2.75, 3.05) is 12.4 Å². The van der Waals surface area contributed by atoms with Gasteiger partial charge in [0.05, 0.1) is 12.7 Å². The number of rotatable bonds is 6. The molecule has 2 heterocycles. The summed E-state index contributed by atoms with van der Waals surface area (Å²) in [4.78, 5) is 17.1. The quantitative estimate of drug-likeness (QED) is 0.352. The minimum atomic E-state index is -4.39. The van der Waals surface area contributed by atoms with Crippen LogP contribution in [0.15, 0.2) is 65.2 Å². The van der Waals surface area contributed by atoms with Crippen molar-refractivity contribution in [3.05, 3.63) is 82.6 Å². The molecule has 4 rings (SSSR count). The Morgan fingerprint density at radius 2 is 2.06 bits per heavy atom. The van der Waals surface area contributed by atoms with Crippen LogP contribution in [0.1, 0.15) is 21.8 Å². The van der Waals surface area contributed by atoms with Crippen LogP contribution in [0.2, 0.25) is 0 Å². The van der Waals surface area contributed by atoms with Crippen LogP contribution in [-0.4, -0.2) is 18.0 Å². The summed E-state index contributed by atoms with van der Waals surface area (Å²) in [5.41, 5.74) is 0.495. The molecule has 9 heteroatoms. The van der Waals surface area contributed by atoms with Gasteiger partial charge in [0.2, 0.25) is 5.91 Å². The van der Waals surface area contributed by atoms with Gasteiger partial charge in [-0.25, -0.2) is 4.98 Å². The van der Waals surface area contributed by atoms with Crippen molar-refractivity contribution in [1.82, 2.24) is 4.98 Å². The minimum Gasteiger partial charge on any atom is -0.497 e. The average molecular weight is 458 g/mol. The number of aromatic nitrogens is 1. The maximum Gasteiger partial charge on any atom is 0.416 e. The van der Waals surface area contributed by atoms with Gasteiger partial charge in [-0.3, -0.25) is 10.1 Å². The molecule has 0 bridgehead atoms. The summed E-state index contributed by atoms with van der Waals surface area (Å²) in [7, 11) is 1.58. The molecule has 32 heavy (non-hydrogen) atoms. The Labute approximate surface area is 185 Å². The third-order valence-corrected chi connectivity index (χ3v) is 5.47. The number of thiazole rings is 1. The lowest BCUT2D eigenvalue weighted by molar-refractivity contribution is -0.137. The van der Waals surface area contributed by atoms with E-state index in [1.54, 1.807) is 37.5 Å². The second-order valence-corrected chi connectivity index (χ2v) is 8.00. The first-order valence-electron chi connectivity index (χ1n) is 9.47. The second-order valence-electron chi connectivity index (χ2n) is 6.88. The SMILES string of the molecule is COc1ccc2oc(/C=C/C(=O)Nc3ncc(Cc4cccc(C(F)(F)F)c4)s3)cc2c1. The molecule has 0 aliphatic heterocycles. The number of benzene rings is 2. The summed E-state index contributed by atoms with van der Waals surface area (Å²) in [6.45, 7) is 0. The zero-order valence-corrected chi connectivity index (χ0v) is 17.6. The Bertz CT molecular complexity index is 1290. The van der Waals surface area contributed by atoms with E-state index in [-0.39, 0.29) is 6.42 Å². The van der Waals surface area contributed by atoms with Gasteiger partial charge in [0, 0.05) is 29.0 Å². The van der Waals surface area contributed by atoms with Gasteiger partial charge < -0.3 is 9.15 Å². The molecule has 0 unspecified atom stereocenters. The lowest BCUT2D eigenvalue weighted by Crippen LogP contribution is -2.06. The predicted octanol–water partition coefficient (Wildman–Crippen LogP) is 6.16. The minimum absolute atomic E-state index is 0.287. The number of hydrogen-bond acceptors (Lipinski definition) is 5. The van der Waals surface area contributed by atoms with Crippen molar-refractivity contribution in [3.63, 3.8) is 0 Å². The molecule has 2 aromatic heterocycles. The number of ether oxygens (including phenoxy) is 1. The molecule has 0 saturated carbocycles. The Morgan fingerprint density at radius 1 is 1.22 bits per heavy atom. The number of amides is 1. The van der Waals surface area contributed by atoms with Crippen molar-refractivity contribution in [2.45, 2.75) is 12.6 Å². The van der Waals surface area contributed by atoms with Crippen molar-refractivity contribution in [1.29, 1.82) is 0 Å². The van der Waals surface area contributed by atoms with E-state index in [1.807, 2.05) is 6.07 Å². The predicted molar refractivity (Wildman–Crippen MR) is 117 cm³/mol. The lowest BCUT2D eigenvalue weighted by atomic mass is 10.1. The zero-order valence-electron chi connectivity index (χ0n) is 16.8. The normalized spacial score (nSPS) is 11.9. The van der Waals surface area contributed by atoms with Gasteiger partial charge in [-0.2, -0.15) is 13.2 Å². The Balaban J connectivity index is 1.38. The lowest BCUT2D eigenvalue weighted by Gasteiger charge is -2.07. The van der Waals surface area contributed by atoms with Gasteiger partial charge in [-0.1, -0.05) is 18.2 Å². The highest BCUT2D eigenvalue weighted by molar-refractivity contribution is 7.15. The topological polar surface area (TPSA) is 64.4 Å². The van der Waals surface area contributed by atoms with Crippen molar-refractivity contribution in [3.8, 4) is 5.75 Å². The number of anilines is 1. The third kappa shape index (κ3) is 5.17. The van der Waals surface area contributed by atoms with Crippen LogP contribution >= 0.6 is 11.3 Å². The molecule has 4 aromatic rings. The van der Waals surface area contributed by atoms with Gasteiger partial charge in [-0.15, -0.1) is 11.3 Å². The fourth-order valence-corrected chi connectivity index (χ4v) is 3.91. The number of fused-ring (bicyclic) bond motifs is 1. The van der Waals surface area contributed by atoms with Crippen LogP contribution < -0.4 is 10.1 Å². The molecule has 0 spiro atoms. The van der Waals surface area contributed by atoms with Crippen LogP contribution in [0.3, 0.4) is 0 Å². The van der Waals surface area contributed by atoms with E-state index in [2.05, 4.69) is 10.3 Å². The van der Waals surface area contributed by atoms with Gasteiger partial charge >= 0.3 is 6.18 Å². The highest BCUT2D eigenvalue weighted by Crippen LogP contribution is 2.30. The third-order valence-electron chi connectivity index (χ3n) is 4.56. The highest BCUT2D eigenvalue weighted by Gasteiger charge is 2.30. The molecule has 0 aliphatic carbocycles. The molecule has 0 saturated heterocycles. The summed E-state index contributed by atoms with van der Waals surface area (Å²) >= 11 is 1.20. The molecule has 1 amide bonds. The average Bonchev–Trinajstić information content (AvgIpc) is 3.37. The monoisotopic (exact) mass is 458 g/mol. The summed E-state index contributed by atoms with van der Waals surface area (Å²) in [5.74, 6) is 0.812. The van der Waals surface area contributed by atoms with E-state index < -0.39 is 17.6 Å². The summed E-state index contributed by atoms with van der Waals surface area (Å²) in [5, 5.41) is 3.85. The van der Waals surface area contributed by atoms with Crippen LogP contribution in [0.5, 0.6) is 5.75 Å². The van der Waals surface area contributed by atoms with Gasteiger partial charge in [0.25, 0.3) is 0 Å². The standard InChI is InChI=1S/C23H17F3N2O3S/c1-30-17-5-7-20-15(11-17)12-18(31-20)6-8-21(29)28-22-27-13-19(32-22)10-14-3-2-4-16(9-14)23(24,25)26/h2-9,11-13H,10H2,1H3,(H,27,28,29)/b8-6+. The Morgan fingerprint density at radius 3 is 2.84 bits per heavy atom. The summed E-state index contributed by atoms with van der Waals surface area (Å²) in [6, 6.07) is 12.3. The summed E-state index contributed by atoms with van der Waals surface area (Å²) < 4.78 is 49.4. The largest absolute Gasteiger partial charge is 0.497 e. The van der Waals surface area contributed by atoms with Gasteiger partial charge in [0.15, 0.2) is 5.13 Å². The molecular weight excluding hydrogens is 441 g/mol. The van der Waals surface area contributed by atoms with E-state index in [4.69, 9.17) is 9.15 Å². The van der Waals surface area contributed by atoms with Crippen LogP contribution in [0.25, 0.3) is 17.0 Å². The smallest absolute Gasteiger partial charge is 0.416 e. The van der Waals surface area contributed by atoms with E-state index in [9.17, 15) is 18.0 Å². The van der Waals surface area contributed by atoms with Crippen LogP contribution in [-0.2, 0) is 17.4 Å². The summed E-state index contributed by atoms with van der Waals surface area (Å²) in [6.07, 6.45) is 0.301. The molecule has 2 aromatic carbocycles. The highest BCUT2D eigenvalue weighted by atomic mass is 32.1. The number of alkyl halides is 3. The van der Waals surface area contributed by atoms with E-state index in [0.29, 0.717) is 27.8 Å². The molecule has 0 fully saturated rings. The Kier molecular flexibility index (Phi) is 6.00. The zero-order chi connectivity index (χ0) is 22.7. The van der Waals surface area contributed by atoms with Crippen molar-refractivity contribution in [2.24, 2.45) is 0 Å². The first-order chi connectivity index (χ1) is 15.3. The maximum absolute atomic E-state index is 12.9. The molecule has 164 valence electrons. The fraction of sp³-hybridized carbons (Fsp3) is 0.130. The Hall–Kier alpha value is -3.59. The van der Waals surface area contributed by atoms with Crippen molar-refractivity contribution < 1.29 is 27.1 Å². The molecule has 1 N–H and O–H groups in total. The van der Waals surface area contributed by atoms with Crippen LogP contribution in [0.4, 0.5) is 18.3 Å². The molecular formula is C23H17F3N2O3S. The van der Waals surface area contributed by atoms with Gasteiger partial charge in [-0.05, 0) is 42.0 Å². The number of carbonyl (C=O) groups excluding carboxylic acids is 1. The number of methoxy groups -OCH3 is 1. The van der Waals surface area contributed by atoms with Gasteiger partial charge in [0.1, 0.15) is 17.1 Å². The fourth-order valence-electron chi connectivity index (χ4n) is 3.06. The number of nitrogens with zero attached hydrogens (tertiary/aromatic N) is 1. The van der Waals surface area contributed by atoms with Crippen molar-refractivity contribution >= 4 is 39.4 Å². The van der Waals surface area contributed by atoms with E-state index in [0.717, 1.165) is 22.4 Å². The molecule has 0 atom stereocenters. The van der Waals surface area contributed by atoms with Crippen LogP contribution in [0, 0.1) is 0 Å². The number of halogens is 3. The first-order valence-corrected chi connectivity index (χ1v) is 10.3.